The first-order valence-corrected chi connectivity index (χ1v) is 10.6. The van der Waals surface area contributed by atoms with Crippen LogP contribution >= 0.6 is 0 Å². The predicted molar refractivity (Wildman–Crippen MR) is 117 cm³/mol. The van der Waals surface area contributed by atoms with Crippen molar-refractivity contribution >= 4 is 11.6 Å². The standard InChI is InChI=1S/C24H32N2O3/c1-28-22-12-14-23(15-13-22)29-19-24(27)25-16-6-7-20-8-10-21(11-9-20)26-17-4-2-3-5-18-26/h8-15H,2-7,16-19H2,1H3,(H,25,27). The molecule has 1 heterocycles. The van der Waals surface area contributed by atoms with Gasteiger partial charge in [0, 0.05) is 25.3 Å². The number of nitrogens with one attached hydrogen (secondary N) is 1. The number of carbonyl (C=O) groups excluding carboxylic acids is 1. The van der Waals surface area contributed by atoms with Crippen molar-refractivity contribution in [1.82, 2.24) is 5.32 Å². The van der Waals surface area contributed by atoms with Gasteiger partial charge in [-0.3, -0.25) is 4.79 Å². The van der Waals surface area contributed by atoms with E-state index in [0.717, 1.165) is 18.6 Å². The number of methoxy groups -OCH3 is 1. The fourth-order valence-electron chi connectivity index (χ4n) is 3.59. The Morgan fingerprint density at radius 1 is 0.931 bits per heavy atom. The highest BCUT2D eigenvalue weighted by Crippen LogP contribution is 2.20. The minimum Gasteiger partial charge on any atom is -0.497 e. The quantitative estimate of drug-likeness (QED) is 0.646. The zero-order valence-corrected chi connectivity index (χ0v) is 17.4. The number of hydrogen-bond donors (Lipinski definition) is 1. The maximum absolute atomic E-state index is 11.9. The Bertz CT molecular complexity index is 736. The second-order valence-corrected chi connectivity index (χ2v) is 7.49. The summed E-state index contributed by atoms with van der Waals surface area (Å²) in [5, 5.41) is 2.92. The molecule has 0 aliphatic carbocycles. The molecule has 1 amide bonds. The molecule has 0 atom stereocenters. The second kappa shape index (κ2) is 11.3. The minimum absolute atomic E-state index is 0.0247. The topological polar surface area (TPSA) is 50.8 Å². The van der Waals surface area contributed by atoms with Gasteiger partial charge in [-0.1, -0.05) is 25.0 Å². The zero-order chi connectivity index (χ0) is 20.3. The summed E-state index contributed by atoms with van der Waals surface area (Å²) in [6.07, 6.45) is 7.17. The van der Waals surface area contributed by atoms with Crippen molar-refractivity contribution in [3.8, 4) is 11.5 Å². The third-order valence-corrected chi connectivity index (χ3v) is 5.30. The number of carbonyl (C=O) groups is 1. The molecule has 0 unspecified atom stereocenters. The number of hydrogen-bond acceptors (Lipinski definition) is 4. The van der Waals surface area contributed by atoms with Crippen molar-refractivity contribution in [2.45, 2.75) is 38.5 Å². The number of amides is 1. The SMILES string of the molecule is COc1ccc(OCC(=O)NCCCc2ccc(N3CCCCCC3)cc2)cc1. The van der Waals surface area contributed by atoms with E-state index in [1.54, 1.807) is 19.2 Å². The lowest BCUT2D eigenvalue weighted by Gasteiger charge is -2.22. The molecule has 0 spiro atoms. The highest BCUT2D eigenvalue weighted by molar-refractivity contribution is 5.77. The molecule has 0 saturated carbocycles. The summed E-state index contributed by atoms with van der Waals surface area (Å²) in [5.41, 5.74) is 2.65. The average molecular weight is 397 g/mol. The summed E-state index contributed by atoms with van der Waals surface area (Å²) in [4.78, 5) is 14.4. The van der Waals surface area contributed by atoms with Crippen LogP contribution in [0.1, 0.15) is 37.7 Å². The van der Waals surface area contributed by atoms with Gasteiger partial charge in [0.1, 0.15) is 11.5 Å². The summed E-state index contributed by atoms with van der Waals surface area (Å²) in [5.74, 6) is 1.32. The molecule has 1 N–H and O–H groups in total. The van der Waals surface area contributed by atoms with Gasteiger partial charge in [0.2, 0.25) is 0 Å². The van der Waals surface area contributed by atoms with E-state index in [1.807, 2.05) is 12.1 Å². The molecule has 0 aromatic heterocycles. The van der Waals surface area contributed by atoms with Crippen LogP contribution in [-0.2, 0) is 11.2 Å². The third-order valence-electron chi connectivity index (χ3n) is 5.30. The zero-order valence-electron chi connectivity index (χ0n) is 17.4. The van der Waals surface area contributed by atoms with E-state index in [0.29, 0.717) is 12.3 Å². The second-order valence-electron chi connectivity index (χ2n) is 7.49. The number of rotatable bonds is 9. The Kier molecular flexibility index (Phi) is 8.23. The average Bonchev–Trinajstić information content (AvgIpc) is 3.06. The van der Waals surface area contributed by atoms with Crippen molar-refractivity contribution in [3.63, 3.8) is 0 Å². The molecule has 5 heteroatoms. The summed E-state index contributed by atoms with van der Waals surface area (Å²) in [7, 11) is 1.62. The van der Waals surface area contributed by atoms with Crippen LogP contribution in [0, 0.1) is 0 Å². The smallest absolute Gasteiger partial charge is 0.257 e. The van der Waals surface area contributed by atoms with E-state index in [4.69, 9.17) is 9.47 Å². The lowest BCUT2D eigenvalue weighted by Crippen LogP contribution is -2.29. The number of aryl methyl sites for hydroxylation is 1. The van der Waals surface area contributed by atoms with E-state index in [-0.39, 0.29) is 12.5 Å². The lowest BCUT2D eigenvalue weighted by atomic mass is 10.1. The van der Waals surface area contributed by atoms with Gasteiger partial charge in [0.15, 0.2) is 6.61 Å². The maximum Gasteiger partial charge on any atom is 0.257 e. The summed E-state index contributed by atoms with van der Waals surface area (Å²) < 4.78 is 10.6. The monoisotopic (exact) mass is 396 g/mol. The molecular weight excluding hydrogens is 364 g/mol. The molecule has 29 heavy (non-hydrogen) atoms. The number of nitrogens with zero attached hydrogens (tertiary/aromatic N) is 1. The molecule has 1 aliphatic rings. The van der Waals surface area contributed by atoms with E-state index in [9.17, 15) is 4.79 Å². The first kappa shape index (κ1) is 21.0. The van der Waals surface area contributed by atoms with Gasteiger partial charge in [-0.05, 0) is 67.6 Å². The Hall–Kier alpha value is -2.69. The minimum atomic E-state index is -0.0997. The number of ether oxygens (including phenoxy) is 2. The van der Waals surface area contributed by atoms with Gasteiger partial charge >= 0.3 is 0 Å². The Labute approximate surface area is 174 Å². The van der Waals surface area contributed by atoms with Crippen molar-refractivity contribution in [3.05, 3.63) is 54.1 Å². The Balaban J connectivity index is 1.32. The Morgan fingerprint density at radius 3 is 2.24 bits per heavy atom. The van der Waals surface area contributed by atoms with Crippen molar-refractivity contribution < 1.29 is 14.3 Å². The summed E-state index contributed by atoms with van der Waals surface area (Å²) in [6.45, 7) is 3.02. The molecule has 0 radical (unpaired) electrons. The predicted octanol–water partition coefficient (Wildman–Crippen LogP) is 4.20. The lowest BCUT2D eigenvalue weighted by molar-refractivity contribution is -0.123. The fraction of sp³-hybridized carbons (Fsp3) is 0.458. The number of benzene rings is 2. The fourth-order valence-corrected chi connectivity index (χ4v) is 3.59. The van der Waals surface area contributed by atoms with Gasteiger partial charge in [-0.25, -0.2) is 0 Å². The van der Waals surface area contributed by atoms with Gasteiger partial charge in [0.25, 0.3) is 5.91 Å². The van der Waals surface area contributed by atoms with E-state index in [1.165, 1.54) is 50.0 Å². The molecule has 156 valence electrons. The first-order chi connectivity index (χ1) is 14.2. The largest absolute Gasteiger partial charge is 0.497 e. The van der Waals surface area contributed by atoms with Gasteiger partial charge < -0.3 is 19.7 Å². The van der Waals surface area contributed by atoms with Crippen LogP contribution in [0.4, 0.5) is 5.69 Å². The highest BCUT2D eigenvalue weighted by Gasteiger charge is 2.09. The van der Waals surface area contributed by atoms with Crippen LogP contribution in [0.2, 0.25) is 0 Å². The van der Waals surface area contributed by atoms with E-state index in [2.05, 4.69) is 34.5 Å². The van der Waals surface area contributed by atoms with Crippen molar-refractivity contribution in [2.75, 3.05) is 38.3 Å². The van der Waals surface area contributed by atoms with E-state index >= 15 is 0 Å². The molecule has 0 bridgehead atoms. The molecule has 3 rings (SSSR count). The van der Waals surface area contributed by atoms with E-state index < -0.39 is 0 Å². The normalized spacial score (nSPS) is 14.2. The summed E-state index contributed by atoms with van der Waals surface area (Å²) in [6, 6.07) is 16.1. The summed E-state index contributed by atoms with van der Waals surface area (Å²) >= 11 is 0. The molecule has 2 aromatic rings. The van der Waals surface area contributed by atoms with Gasteiger partial charge in [-0.15, -0.1) is 0 Å². The molecule has 5 nitrogen and oxygen atoms in total. The van der Waals surface area contributed by atoms with Gasteiger partial charge in [-0.2, -0.15) is 0 Å². The maximum atomic E-state index is 11.9. The van der Waals surface area contributed by atoms with Crippen LogP contribution < -0.4 is 19.7 Å². The van der Waals surface area contributed by atoms with Crippen LogP contribution in [0.15, 0.2) is 48.5 Å². The molecular formula is C24H32N2O3. The molecule has 1 saturated heterocycles. The van der Waals surface area contributed by atoms with Crippen LogP contribution in [0.25, 0.3) is 0 Å². The molecule has 1 aliphatic heterocycles. The first-order valence-electron chi connectivity index (χ1n) is 10.6. The van der Waals surface area contributed by atoms with Gasteiger partial charge in [0.05, 0.1) is 7.11 Å². The number of anilines is 1. The Morgan fingerprint density at radius 2 is 1.59 bits per heavy atom. The van der Waals surface area contributed by atoms with Crippen LogP contribution in [0.3, 0.4) is 0 Å². The van der Waals surface area contributed by atoms with Crippen LogP contribution in [-0.4, -0.2) is 39.3 Å². The van der Waals surface area contributed by atoms with Crippen molar-refractivity contribution in [2.24, 2.45) is 0 Å². The third kappa shape index (κ3) is 7.00. The highest BCUT2D eigenvalue weighted by atomic mass is 16.5. The van der Waals surface area contributed by atoms with Crippen LogP contribution in [0.5, 0.6) is 11.5 Å². The molecule has 1 fully saturated rings. The van der Waals surface area contributed by atoms with Crippen molar-refractivity contribution in [1.29, 1.82) is 0 Å². The molecule has 2 aromatic carbocycles.